The molecule has 0 unspecified atom stereocenters. The minimum absolute atomic E-state index is 0.172. The Morgan fingerprint density at radius 1 is 1.29 bits per heavy atom. The van der Waals surface area contributed by atoms with Gasteiger partial charge in [-0.15, -0.1) is 0 Å². The third-order valence-corrected chi connectivity index (χ3v) is 5.79. The molecule has 0 aliphatic rings. The minimum Gasteiger partial charge on any atom is -0.465 e. The molecule has 0 amide bonds. The molecule has 1 aromatic heterocycles. The van der Waals surface area contributed by atoms with Crippen molar-refractivity contribution in [2.24, 2.45) is 0 Å². The largest absolute Gasteiger partial charge is 0.465 e. The van der Waals surface area contributed by atoms with E-state index >= 15 is 0 Å². The number of nitrogen functional groups attached to an aromatic ring is 1. The first-order valence-corrected chi connectivity index (χ1v) is 8.52. The molecule has 0 radical (unpaired) electrons. The second-order valence-electron chi connectivity index (χ2n) is 4.91. The number of hydrogen-bond acceptors (Lipinski definition) is 4. The molecule has 0 aliphatic heterocycles. The molecule has 114 valence electrons. The van der Waals surface area contributed by atoms with E-state index < -0.39 is 10.0 Å². The normalized spacial score (nSPS) is 12.0. The SMILES string of the molecule is Cc1ccc(CN(C)S(=O)(=O)c2cc(N)c(Br)cc2C)o1. The number of aryl methyl sites for hydroxylation is 2. The number of nitrogens with zero attached hydrogens (tertiary/aromatic N) is 1. The zero-order valence-electron chi connectivity index (χ0n) is 12.1. The van der Waals surface area contributed by atoms with Crippen molar-refractivity contribution in [1.82, 2.24) is 4.31 Å². The van der Waals surface area contributed by atoms with E-state index in [1.807, 2.05) is 6.92 Å². The predicted molar refractivity (Wildman–Crippen MR) is 85.4 cm³/mol. The molecule has 21 heavy (non-hydrogen) atoms. The first kappa shape index (κ1) is 16.1. The lowest BCUT2D eigenvalue weighted by molar-refractivity contribution is 0.397. The molecule has 2 aromatic rings. The highest BCUT2D eigenvalue weighted by Gasteiger charge is 2.24. The Morgan fingerprint density at radius 3 is 2.52 bits per heavy atom. The van der Waals surface area contributed by atoms with Crippen molar-refractivity contribution in [1.29, 1.82) is 0 Å². The molecule has 0 aliphatic carbocycles. The Labute approximate surface area is 132 Å². The van der Waals surface area contributed by atoms with Gasteiger partial charge in [-0.1, -0.05) is 0 Å². The summed E-state index contributed by atoms with van der Waals surface area (Å²) < 4.78 is 32.6. The van der Waals surface area contributed by atoms with Crippen LogP contribution in [0.4, 0.5) is 5.69 Å². The van der Waals surface area contributed by atoms with E-state index in [0.29, 0.717) is 21.5 Å². The van der Waals surface area contributed by atoms with Gasteiger partial charge in [-0.2, -0.15) is 4.31 Å². The highest BCUT2D eigenvalue weighted by atomic mass is 79.9. The van der Waals surface area contributed by atoms with Gasteiger partial charge in [-0.3, -0.25) is 0 Å². The van der Waals surface area contributed by atoms with Gasteiger partial charge in [0.05, 0.1) is 11.4 Å². The molecule has 0 atom stereocenters. The smallest absolute Gasteiger partial charge is 0.243 e. The van der Waals surface area contributed by atoms with Gasteiger partial charge in [0.25, 0.3) is 0 Å². The van der Waals surface area contributed by atoms with Crippen molar-refractivity contribution in [3.8, 4) is 0 Å². The first-order valence-electron chi connectivity index (χ1n) is 6.29. The molecule has 1 heterocycles. The summed E-state index contributed by atoms with van der Waals surface area (Å²) in [5.74, 6) is 1.35. The van der Waals surface area contributed by atoms with Crippen molar-refractivity contribution < 1.29 is 12.8 Å². The maximum atomic E-state index is 12.6. The zero-order chi connectivity index (χ0) is 15.8. The quantitative estimate of drug-likeness (QED) is 0.836. The molecule has 7 heteroatoms. The van der Waals surface area contributed by atoms with Crippen LogP contribution < -0.4 is 5.73 Å². The molecule has 0 bridgehead atoms. The van der Waals surface area contributed by atoms with Crippen LogP contribution in [0.25, 0.3) is 0 Å². The molecule has 0 fully saturated rings. The maximum Gasteiger partial charge on any atom is 0.243 e. The van der Waals surface area contributed by atoms with Gasteiger partial charge in [0.2, 0.25) is 10.0 Å². The molecule has 0 spiro atoms. The number of halogens is 1. The number of rotatable bonds is 4. The van der Waals surface area contributed by atoms with Crippen molar-refractivity contribution >= 4 is 31.6 Å². The van der Waals surface area contributed by atoms with Crippen LogP contribution in [-0.2, 0) is 16.6 Å². The summed E-state index contributed by atoms with van der Waals surface area (Å²) in [7, 11) is -2.11. The van der Waals surface area contributed by atoms with Crippen LogP contribution in [0, 0.1) is 13.8 Å². The van der Waals surface area contributed by atoms with Crippen LogP contribution in [-0.4, -0.2) is 19.8 Å². The van der Waals surface area contributed by atoms with E-state index in [9.17, 15) is 8.42 Å². The van der Waals surface area contributed by atoms with Crippen molar-refractivity contribution in [3.63, 3.8) is 0 Å². The second-order valence-corrected chi connectivity index (χ2v) is 7.78. The Morgan fingerprint density at radius 2 is 1.95 bits per heavy atom. The Kier molecular flexibility index (Phi) is 4.46. The molecule has 2 rings (SSSR count). The topological polar surface area (TPSA) is 76.5 Å². The fourth-order valence-electron chi connectivity index (χ4n) is 1.99. The second kappa shape index (κ2) is 5.82. The van der Waals surface area contributed by atoms with Gasteiger partial charge in [0.1, 0.15) is 11.5 Å². The minimum atomic E-state index is -3.63. The van der Waals surface area contributed by atoms with E-state index in [1.165, 1.54) is 17.4 Å². The highest BCUT2D eigenvalue weighted by molar-refractivity contribution is 9.10. The van der Waals surface area contributed by atoms with E-state index in [4.69, 9.17) is 10.2 Å². The van der Waals surface area contributed by atoms with Crippen molar-refractivity contribution in [2.45, 2.75) is 25.3 Å². The van der Waals surface area contributed by atoms with Gasteiger partial charge >= 0.3 is 0 Å². The summed E-state index contributed by atoms with van der Waals surface area (Å²) in [6.45, 7) is 3.73. The lowest BCUT2D eigenvalue weighted by Gasteiger charge is -2.18. The predicted octanol–water partition coefficient (Wildman–Crippen LogP) is 3.06. The number of anilines is 1. The summed E-state index contributed by atoms with van der Waals surface area (Å²) >= 11 is 3.29. The first-order chi connectivity index (χ1) is 9.71. The summed E-state index contributed by atoms with van der Waals surface area (Å²) in [6, 6.07) is 6.74. The van der Waals surface area contributed by atoms with E-state index in [-0.39, 0.29) is 11.4 Å². The van der Waals surface area contributed by atoms with Crippen LogP contribution in [0.15, 0.2) is 38.1 Å². The van der Waals surface area contributed by atoms with E-state index in [2.05, 4.69) is 15.9 Å². The summed E-state index contributed by atoms with van der Waals surface area (Å²) in [6.07, 6.45) is 0. The lowest BCUT2D eigenvalue weighted by Crippen LogP contribution is -2.27. The van der Waals surface area contributed by atoms with Gasteiger partial charge in [0, 0.05) is 17.2 Å². The number of nitrogens with two attached hydrogens (primary N) is 1. The summed E-state index contributed by atoms with van der Waals surface area (Å²) in [5, 5.41) is 0. The molecule has 0 saturated carbocycles. The van der Waals surface area contributed by atoms with Gasteiger partial charge < -0.3 is 10.2 Å². The molecular weight excluding hydrogens is 356 g/mol. The van der Waals surface area contributed by atoms with Crippen LogP contribution in [0.5, 0.6) is 0 Å². The van der Waals surface area contributed by atoms with Gasteiger partial charge in [0.15, 0.2) is 0 Å². The average molecular weight is 373 g/mol. The average Bonchev–Trinajstić information content (AvgIpc) is 2.79. The fourth-order valence-corrected chi connectivity index (χ4v) is 3.82. The third kappa shape index (κ3) is 3.30. The molecule has 2 N–H and O–H groups in total. The summed E-state index contributed by atoms with van der Waals surface area (Å²) in [4.78, 5) is 0.203. The molecule has 0 saturated heterocycles. The number of benzene rings is 1. The summed E-state index contributed by atoms with van der Waals surface area (Å²) in [5.41, 5.74) is 6.82. The van der Waals surface area contributed by atoms with Gasteiger partial charge in [-0.05, 0) is 59.6 Å². The number of hydrogen-bond donors (Lipinski definition) is 1. The Hall–Kier alpha value is -1.31. The van der Waals surface area contributed by atoms with E-state index in [0.717, 1.165) is 5.76 Å². The molecular formula is C14H17BrN2O3S. The monoisotopic (exact) mass is 372 g/mol. The lowest BCUT2D eigenvalue weighted by atomic mass is 10.2. The third-order valence-electron chi connectivity index (χ3n) is 3.16. The van der Waals surface area contributed by atoms with Crippen LogP contribution in [0.2, 0.25) is 0 Å². The maximum absolute atomic E-state index is 12.6. The Balaban J connectivity index is 2.35. The van der Waals surface area contributed by atoms with E-state index in [1.54, 1.807) is 25.1 Å². The van der Waals surface area contributed by atoms with Crippen molar-refractivity contribution in [2.75, 3.05) is 12.8 Å². The number of sulfonamides is 1. The Bertz CT molecular complexity index is 769. The standard InChI is InChI=1S/C14H17BrN2O3S/c1-9-6-12(15)13(16)7-14(9)21(18,19)17(3)8-11-5-4-10(2)20-11/h4-7H,8,16H2,1-3H3. The molecule has 5 nitrogen and oxygen atoms in total. The van der Waals surface area contributed by atoms with Crippen LogP contribution in [0.3, 0.4) is 0 Å². The van der Waals surface area contributed by atoms with Crippen LogP contribution in [0.1, 0.15) is 17.1 Å². The highest BCUT2D eigenvalue weighted by Crippen LogP contribution is 2.28. The van der Waals surface area contributed by atoms with Gasteiger partial charge in [-0.25, -0.2) is 8.42 Å². The van der Waals surface area contributed by atoms with Crippen molar-refractivity contribution in [3.05, 3.63) is 45.8 Å². The van der Waals surface area contributed by atoms with Crippen LogP contribution >= 0.6 is 15.9 Å². The number of furan rings is 1. The fraction of sp³-hybridized carbons (Fsp3) is 0.286. The molecule has 1 aromatic carbocycles. The zero-order valence-corrected chi connectivity index (χ0v) is 14.5.